The van der Waals surface area contributed by atoms with Crippen LogP contribution in [0.5, 0.6) is 0 Å². The van der Waals surface area contributed by atoms with E-state index in [4.69, 9.17) is 9.84 Å². The van der Waals surface area contributed by atoms with Crippen molar-refractivity contribution in [3.63, 3.8) is 0 Å². The third kappa shape index (κ3) is 4.79. The van der Waals surface area contributed by atoms with Crippen LogP contribution < -0.4 is 0 Å². The molecule has 0 aliphatic heterocycles. The zero-order valence-electron chi connectivity index (χ0n) is 6.75. The van der Waals surface area contributed by atoms with Crippen LogP contribution in [-0.4, -0.2) is 23.8 Å². The maximum Gasteiger partial charge on any atom is 0.309 e. The fraction of sp³-hybridized carbons (Fsp3) is 0.625. The number of carbonyl (C=O) groups is 1. The number of aliphatic hydroxyl groups is 1. The average molecular weight is 158 g/mol. The molecule has 64 valence electrons. The summed E-state index contributed by atoms with van der Waals surface area (Å²) in [4.78, 5) is 10.9. The monoisotopic (exact) mass is 158 g/mol. The summed E-state index contributed by atoms with van der Waals surface area (Å²) in [7, 11) is 0. The van der Waals surface area contributed by atoms with Crippen molar-refractivity contribution in [3.8, 4) is 0 Å². The summed E-state index contributed by atoms with van der Waals surface area (Å²) in [5.74, 6) is -0.625. The summed E-state index contributed by atoms with van der Waals surface area (Å²) >= 11 is 0. The molecule has 1 unspecified atom stereocenters. The number of hydrogen-bond acceptors (Lipinski definition) is 3. The predicted molar refractivity (Wildman–Crippen MR) is 41.5 cm³/mol. The van der Waals surface area contributed by atoms with Crippen LogP contribution in [0, 0.1) is 19.8 Å². The Morgan fingerprint density at radius 2 is 2.18 bits per heavy atom. The maximum absolute atomic E-state index is 10.9. The van der Waals surface area contributed by atoms with Gasteiger partial charge in [0.05, 0.1) is 5.92 Å². The molecule has 0 aromatic carbocycles. The zero-order valence-corrected chi connectivity index (χ0v) is 6.75. The largest absolute Gasteiger partial charge is 0.462 e. The van der Waals surface area contributed by atoms with Crippen molar-refractivity contribution in [3.05, 3.63) is 13.8 Å². The highest BCUT2D eigenvalue weighted by atomic mass is 16.5. The molecule has 0 heterocycles. The number of ether oxygens (including phenoxy) is 1. The highest BCUT2D eigenvalue weighted by Gasteiger charge is 2.14. The third-order valence-corrected chi connectivity index (χ3v) is 1.25. The molecule has 0 aromatic rings. The lowest BCUT2D eigenvalue weighted by molar-refractivity contribution is -0.150. The second kappa shape index (κ2) is 5.13. The summed E-state index contributed by atoms with van der Waals surface area (Å²) in [6, 6.07) is 0. The van der Waals surface area contributed by atoms with Gasteiger partial charge in [0.1, 0.15) is 6.10 Å². The fourth-order valence-electron chi connectivity index (χ4n) is 0.592. The zero-order chi connectivity index (χ0) is 8.85. The maximum atomic E-state index is 10.9. The molecule has 0 spiro atoms. The van der Waals surface area contributed by atoms with E-state index < -0.39 is 6.10 Å². The molecule has 0 saturated heterocycles. The third-order valence-electron chi connectivity index (χ3n) is 1.25. The molecule has 1 atom stereocenters. The molecule has 0 fully saturated rings. The average Bonchev–Trinajstić information content (AvgIpc) is 1.86. The predicted octanol–water partition coefficient (Wildman–Crippen LogP) is 0.585. The molecule has 0 aliphatic carbocycles. The Kier molecular flexibility index (Phi) is 4.86. The van der Waals surface area contributed by atoms with Gasteiger partial charge in [-0.15, -0.1) is 0 Å². The van der Waals surface area contributed by atoms with Crippen molar-refractivity contribution in [1.29, 1.82) is 0 Å². The second-order valence-electron chi connectivity index (χ2n) is 2.47. The molecule has 0 bridgehead atoms. The minimum atomic E-state index is -0.566. The summed E-state index contributed by atoms with van der Waals surface area (Å²) in [5.41, 5.74) is 0. The van der Waals surface area contributed by atoms with E-state index in [1.165, 1.54) is 0 Å². The Morgan fingerprint density at radius 1 is 1.64 bits per heavy atom. The van der Waals surface area contributed by atoms with E-state index in [1.807, 2.05) is 0 Å². The molecule has 0 aliphatic rings. The summed E-state index contributed by atoms with van der Waals surface area (Å²) in [6.45, 7) is 8.50. The molecule has 11 heavy (non-hydrogen) atoms. The molecular formula is C8H14O3. The van der Waals surface area contributed by atoms with E-state index in [-0.39, 0.29) is 18.5 Å². The lowest BCUT2D eigenvalue weighted by Gasteiger charge is -2.11. The molecule has 3 nitrogen and oxygen atoms in total. The van der Waals surface area contributed by atoms with Crippen LogP contribution in [0.15, 0.2) is 0 Å². The standard InChI is InChI=1S/C8H14O3/c1-6(2)11-8(10)7(3)4-5-9/h6-7,9H,1-2,4-5H2,3H3. The number of carbonyl (C=O) groups excluding carboxylic acids is 1. The number of hydrogen-bond donors (Lipinski definition) is 1. The Bertz CT molecular complexity index is 121. The highest BCUT2D eigenvalue weighted by Crippen LogP contribution is 2.04. The van der Waals surface area contributed by atoms with E-state index in [2.05, 4.69) is 13.8 Å². The smallest absolute Gasteiger partial charge is 0.309 e. The van der Waals surface area contributed by atoms with Gasteiger partial charge in [0, 0.05) is 6.61 Å². The minimum absolute atomic E-state index is 0.00474. The van der Waals surface area contributed by atoms with E-state index in [0.717, 1.165) is 0 Å². The molecule has 3 heteroatoms. The van der Waals surface area contributed by atoms with Crippen molar-refractivity contribution in [2.75, 3.05) is 6.61 Å². The van der Waals surface area contributed by atoms with Gasteiger partial charge >= 0.3 is 5.97 Å². The van der Waals surface area contributed by atoms with Crippen LogP contribution in [0.4, 0.5) is 0 Å². The topological polar surface area (TPSA) is 46.5 Å². The van der Waals surface area contributed by atoms with E-state index in [1.54, 1.807) is 6.92 Å². The van der Waals surface area contributed by atoms with Crippen LogP contribution >= 0.6 is 0 Å². The Morgan fingerprint density at radius 3 is 2.55 bits per heavy atom. The normalized spacial score (nSPS) is 13.2. The second-order valence-corrected chi connectivity index (χ2v) is 2.47. The van der Waals surface area contributed by atoms with Crippen LogP contribution in [0.25, 0.3) is 0 Å². The van der Waals surface area contributed by atoms with Gasteiger partial charge in [-0.3, -0.25) is 4.79 Å². The van der Waals surface area contributed by atoms with E-state index in [9.17, 15) is 4.79 Å². The quantitative estimate of drug-likeness (QED) is 0.609. The van der Waals surface area contributed by atoms with Gasteiger partial charge in [-0.1, -0.05) is 6.92 Å². The minimum Gasteiger partial charge on any atom is -0.462 e. The van der Waals surface area contributed by atoms with E-state index >= 15 is 0 Å². The van der Waals surface area contributed by atoms with Crippen molar-refractivity contribution in [2.24, 2.45) is 5.92 Å². The first-order valence-electron chi connectivity index (χ1n) is 3.55. The van der Waals surface area contributed by atoms with Crippen LogP contribution in [0.3, 0.4) is 0 Å². The number of rotatable bonds is 4. The highest BCUT2D eigenvalue weighted by molar-refractivity contribution is 5.72. The van der Waals surface area contributed by atoms with Gasteiger partial charge in [0.15, 0.2) is 0 Å². The molecule has 1 N–H and O–H groups in total. The Hall–Kier alpha value is -0.570. The lowest BCUT2D eigenvalue weighted by atomic mass is 10.1. The van der Waals surface area contributed by atoms with Gasteiger partial charge in [-0.2, -0.15) is 0 Å². The van der Waals surface area contributed by atoms with E-state index in [0.29, 0.717) is 6.42 Å². The molecule has 0 saturated carbocycles. The van der Waals surface area contributed by atoms with Gasteiger partial charge in [-0.05, 0) is 20.3 Å². The first kappa shape index (κ1) is 10.4. The Labute approximate surface area is 67.4 Å². The molecule has 0 amide bonds. The first-order chi connectivity index (χ1) is 5.07. The Balaban J connectivity index is 3.64. The van der Waals surface area contributed by atoms with Crippen molar-refractivity contribution >= 4 is 5.97 Å². The summed E-state index contributed by atoms with van der Waals surface area (Å²) in [5, 5.41) is 8.48. The van der Waals surface area contributed by atoms with Crippen LogP contribution in [0.2, 0.25) is 0 Å². The van der Waals surface area contributed by atoms with Gasteiger partial charge in [0.2, 0.25) is 0 Å². The van der Waals surface area contributed by atoms with Gasteiger partial charge in [0.25, 0.3) is 0 Å². The molecule has 0 rings (SSSR count). The first-order valence-corrected chi connectivity index (χ1v) is 3.55. The lowest BCUT2D eigenvalue weighted by Crippen LogP contribution is -2.19. The van der Waals surface area contributed by atoms with Crippen LogP contribution in [-0.2, 0) is 9.53 Å². The van der Waals surface area contributed by atoms with Crippen molar-refractivity contribution in [2.45, 2.75) is 19.4 Å². The van der Waals surface area contributed by atoms with Crippen LogP contribution in [0.1, 0.15) is 13.3 Å². The molecule has 2 radical (unpaired) electrons. The van der Waals surface area contributed by atoms with Crippen molar-refractivity contribution in [1.82, 2.24) is 0 Å². The molecule has 0 aromatic heterocycles. The van der Waals surface area contributed by atoms with Gasteiger partial charge < -0.3 is 9.84 Å². The SMILES string of the molecule is [CH2]C([CH2])OC(=O)C(C)CCO. The number of aliphatic hydroxyl groups excluding tert-OH is 1. The number of esters is 1. The summed E-state index contributed by atoms with van der Waals surface area (Å²) < 4.78 is 4.69. The van der Waals surface area contributed by atoms with Crippen molar-refractivity contribution < 1.29 is 14.6 Å². The van der Waals surface area contributed by atoms with Gasteiger partial charge in [-0.25, -0.2) is 0 Å². The molecular weight excluding hydrogens is 144 g/mol. The fourth-order valence-corrected chi connectivity index (χ4v) is 0.592. The summed E-state index contributed by atoms with van der Waals surface area (Å²) in [6.07, 6.45) is -0.144.